The van der Waals surface area contributed by atoms with Gasteiger partial charge in [-0.15, -0.1) is 0 Å². The number of hydrogen-bond donors (Lipinski definition) is 0. The Morgan fingerprint density at radius 1 is 0.727 bits per heavy atom. The normalized spacial score (nSPS) is 11.4. The van der Waals surface area contributed by atoms with Crippen molar-refractivity contribution in [3.05, 3.63) is 36.4 Å². The maximum absolute atomic E-state index is 6.02. The molecular formula is C20H28O2. The molecule has 2 aromatic carbocycles. The van der Waals surface area contributed by atoms with Crippen LogP contribution >= 0.6 is 0 Å². The minimum absolute atomic E-state index is 0.650. The number of rotatable bonds is 8. The van der Waals surface area contributed by atoms with Crippen LogP contribution in [0.4, 0.5) is 0 Å². The summed E-state index contributed by atoms with van der Waals surface area (Å²) in [4.78, 5) is 0. The summed E-state index contributed by atoms with van der Waals surface area (Å²) < 4.78 is 12.0. The van der Waals surface area contributed by atoms with E-state index >= 15 is 0 Å². The van der Waals surface area contributed by atoms with Crippen molar-refractivity contribution in [1.82, 2.24) is 0 Å². The lowest BCUT2D eigenvalue weighted by molar-refractivity contribution is 0.283. The fraction of sp³-hybridized carbons (Fsp3) is 0.500. The quantitative estimate of drug-likeness (QED) is 0.623. The minimum Gasteiger partial charge on any atom is -0.493 e. The van der Waals surface area contributed by atoms with Crippen LogP contribution in [0.5, 0.6) is 11.5 Å². The summed E-state index contributed by atoms with van der Waals surface area (Å²) in [7, 11) is 0. The zero-order valence-corrected chi connectivity index (χ0v) is 14.3. The molecule has 0 unspecified atom stereocenters. The highest BCUT2D eigenvalue weighted by Gasteiger charge is 2.09. The van der Waals surface area contributed by atoms with E-state index in [0.29, 0.717) is 11.8 Å². The monoisotopic (exact) mass is 300 g/mol. The van der Waals surface area contributed by atoms with Gasteiger partial charge in [-0.1, -0.05) is 52.0 Å². The molecule has 2 rings (SSSR count). The molecule has 0 saturated carbocycles. The summed E-state index contributed by atoms with van der Waals surface area (Å²) in [5.74, 6) is 3.16. The molecular weight excluding hydrogens is 272 g/mol. The Labute approximate surface area is 134 Å². The summed E-state index contributed by atoms with van der Waals surface area (Å²) in [5, 5.41) is 2.27. The summed E-state index contributed by atoms with van der Waals surface area (Å²) >= 11 is 0. The average Bonchev–Trinajstić information content (AvgIpc) is 2.46. The van der Waals surface area contributed by atoms with E-state index in [1.807, 2.05) is 24.3 Å². The van der Waals surface area contributed by atoms with Crippen molar-refractivity contribution >= 4 is 10.8 Å². The van der Waals surface area contributed by atoms with Crippen LogP contribution in [-0.2, 0) is 0 Å². The highest BCUT2D eigenvalue weighted by Crippen LogP contribution is 2.34. The lowest BCUT2D eigenvalue weighted by atomic mass is 10.1. The first kappa shape index (κ1) is 16.7. The lowest BCUT2D eigenvalue weighted by Crippen LogP contribution is -2.04. The molecule has 120 valence electrons. The highest BCUT2D eigenvalue weighted by molar-refractivity contribution is 5.93. The first-order chi connectivity index (χ1) is 10.6. The van der Waals surface area contributed by atoms with E-state index < -0.39 is 0 Å². The number of benzene rings is 2. The Morgan fingerprint density at radius 2 is 1.18 bits per heavy atom. The zero-order chi connectivity index (χ0) is 15.9. The van der Waals surface area contributed by atoms with Gasteiger partial charge < -0.3 is 9.47 Å². The molecule has 0 fully saturated rings. The molecule has 0 aliphatic rings. The second-order valence-electron chi connectivity index (χ2n) is 6.67. The molecule has 0 atom stereocenters. The van der Waals surface area contributed by atoms with Gasteiger partial charge in [0, 0.05) is 0 Å². The molecule has 2 nitrogen and oxygen atoms in total. The lowest BCUT2D eigenvalue weighted by Gasteiger charge is -2.15. The van der Waals surface area contributed by atoms with Crippen LogP contribution in [0.15, 0.2) is 36.4 Å². The van der Waals surface area contributed by atoms with Crippen LogP contribution in [0.2, 0.25) is 0 Å². The van der Waals surface area contributed by atoms with E-state index in [-0.39, 0.29) is 0 Å². The van der Waals surface area contributed by atoms with E-state index in [9.17, 15) is 0 Å². The van der Waals surface area contributed by atoms with Gasteiger partial charge in [0.15, 0.2) is 0 Å². The fourth-order valence-electron chi connectivity index (χ4n) is 2.32. The van der Waals surface area contributed by atoms with Crippen LogP contribution < -0.4 is 9.47 Å². The zero-order valence-electron chi connectivity index (χ0n) is 14.3. The molecule has 0 N–H and O–H groups in total. The standard InChI is InChI=1S/C20H28O2/c1-15(2)11-13-21-18-9-5-7-17-8-6-10-19(20(17)18)22-14-12-16(3)4/h5-10,15-16H,11-14H2,1-4H3. The van der Waals surface area contributed by atoms with Gasteiger partial charge >= 0.3 is 0 Å². The molecule has 0 amide bonds. The van der Waals surface area contributed by atoms with E-state index in [4.69, 9.17) is 9.47 Å². The van der Waals surface area contributed by atoms with Crippen molar-refractivity contribution in [3.8, 4) is 11.5 Å². The van der Waals surface area contributed by atoms with Gasteiger partial charge in [0.2, 0.25) is 0 Å². The predicted octanol–water partition coefficient (Wildman–Crippen LogP) is 5.69. The second kappa shape index (κ2) is 8.07. The van der Waals surface area contributed by atoms with Crippen LogP contribution in [0.1, 0.15) is 40.5 Å². The maximum atomic E-state index is 6.02. The maximum Gasteiger partial charge on any atom is 0.130 e. The van der Waals surface area contributed by atoms with Crippen LogP contribution in [-0.4, -0.2) is 13.2 Å². The van der Waals surface area contributed by atoms with Crippen molar-refractivity contribution in [1.29, 1.82) is 0 Å². The van der Waals surface area contributed by atoms with Gasteiger partial charge in [-0.25, -0.2) is 0 Å². The smallest absolute Gasteiger partial charge is 0.130 e. The van der Waals surface area contributed by atoms with Crippen molar-refractivity contribution in [2.45, 2.75) is 40.5 Å². The number of hydrogen-bond acceptors (Lipinski definition) is 2. The van der Waals surface area contributed by atoms with Gasteiger partial charge in [0.05, 0.1) is 18.6 Å². The highest BCUT2D eigenvalue weighted by atomic mass is 16.5. The molecule has 0 aliphatic carbocycles. The largest absolute Gasteiger partial charge is 0.493 e. The molecule has 22 heavy (non-hydrogen) atoms. The van der Waals surface area contributed by atoms with Crippen LogP contribution in [0.3, 0.4) is 0 Å². The third kappa shape index (κ3) is 4.66. The van der Waals surface area contributed by atoms with Gasteiger partial charge in [0.1, 0.15) is 11.5 Å². The molecule has 0 spiro atoms. The van der Waals surface area contributed by atoms with E-state index in [2.05, 4.69) is 39.8 Å². The molecule has 0 bridgehead atoms. The fourth-order valence-corrected chi connectivity index (χ4v) is 2.32. The first-order valence-electron chi connectivity index (χ1n) is 8.35. The van der Waals surface area contributed by atoms with Crippen molar-refractivity contribution in [2.24, 2.45) is 11.8 Å². The molecule has 0 aromatic heterocycles. The van der Waals surface area contributed by atoms with E-state index in [1.54, 1.807) is 0 Å². The number of fused-ring (bicyclic) bond motifs is 1. The predicted molar refractivity (Wildman–Crippen MR) is 93.8 cm³/mol. The summed E-state index contributed by atoms with van der Waals surface area (Å²) in [6, 6.07) is 12.4. The molecule has 0 saturated heterocycles. The molecule has 2 aromatic rings. The van der Waals surface area contributed by atoms with E-state index in [0.717, 1.165) is 42.9 Å². The van der Waals surface area contributed by atoms with Gasteiger partial charge in [0.25, 0.3) is 0 Å². The van der Waals surface area contributed by atoms with Gasteiger partial charge in [-0.2, -0.15) is 0 Å². The molecule has 2 heteroatoms. The Morgan fingerprint density at radius 3 is 1.59 bits per heavy atom. The third-order valence-corrected chi connectivity index (χ3v) is 3.73. The van der Waals surface area contributed by atoms with Gasteiger partial charge in [-0.3, -0.25) is 0 Å². The SMILES string of the molecule is CC(C)CCOc1cccc2cccc(OCCC(C)C)c12. The van der Waals surface area contributed by atoms with Crippen LogP contribution in [0, 0.1) is 11.8 Å². The van der Waals surface area contributed by atoms with E-state index in [1.165, 1.54) is 5.39 Å². The van der Waals surface area contributed by atoms with Crippen LogP contribution in [0.25, 0.3) is 10.8 Å². The molecule has 0 radical (unpaired) electrons. The van der Waals surface area contributed by atoms with Crippen molar-refractivity contribution < 1.29 is 9.47 Å². The average molecular weight is 300 g/mol. The second-order valence-corrected chi connectivity index (χ2v) is 6.67. The van der Waals surface area contributed by atoms with Crippen molar-refractivity contribution in [2.75, 3.05) is 13.2 Å². The Kier molecular flexibility index (Phi) is 6.11. The molecule has 0 aliphatic heterocycles. The Balaban J connectivity index is 2.20. The Hall–Kier alpha value is -1.70. The molecule has 0 heterocycles. The Bertz CT molecular complexity index is 539. The topological polar surface area (TPSA) is 18.5 Å². The summed E-state index contributed by atoms with van der Waals surface area (Å²) in [6.07, 6.45) is 2.12. The third-order valence-electron chi connectivity index (χ3n) is 3.73. The summed E-state index contributed by atoms with van der Waals surface area (Å²) in [6.45, 7) is 10.4. The first-order valence-corrected chi connectivity index (χ1v) is 8.35. The van der Waals surface area contributed by atoms with Crippen molar-refractivity contribution in [3.63, 3.8) is 0 Å². The summed E-state index contributed by atoms with van der Waals surface area (Å²) in [5.41, 5.74) is 0. The number of ether oxygens (including phenoxy) is 2. The van der Waals surface area contributed by atoms with Gasteiger partial charge in [-0.05, 0) is 42.2 Å². The minimum atomic E-state index is 0.650.